The minimum Gasteiger partial charge on any atom is -0.355 e. The van der Waals surface area contributed by atoms with Crippen molar-refractivity contribution in [1.82, 2.24) is 9.88 Å². The second kappa shape index (κ2) is 6.24. The highest BCUT2D eigenvalue weighted by Gasteiger charge is 2.12. The van der Waals surface area contributed by atoms with Gasteiger partial charge in [-0.3, -0.25) is 9.59 Å². The molecule has 118 valence electrons. The van der Waals surface area contributed by atoms with Gasteiger partial charge in [0.2, 0.25) is 0 Å². The Balaban J connectivity index is 2.38. The summed E-state index contributed by atoms with van der Waals surface area (Å²) >= 11 is 0. The third-order valence-electron chi connectivity index (χ3n) is 4.20. The molecule has 1 amide bonds. The van der Waals surface area contributed by atoms with Crippen LogP contribution in [0.15, 0.2) is 47.3 Å². The molecule has 0 spiro atoms. The van der Waals surface area contributed by atoms with Crippen molar-refractivity contribution < 1.29 is 4.79 Å². The molecule has 2 aromatic carbocycles. The molecule has 1 aromatic heterocycles. The number of aromatic nitrogens is 1. The summed E-state index contributed by atoms with van der Waals surface area (Å²) in [5.74, 6) is -0.181. The lowest BCUT2D eigenvalue weighted by molar-refractivity contribution is 0.0963. The molecule has 3 rings (SSSR count). The van der Waals surface area contributed by atoms with E-state index in [1.807, 2.05) is 30.3 Å². The molecule has 3 aromatic rings. The summed E-state index contributed by atoms with van der Waals surface area (Å²) in [5.41, 5.74) is 2.32. The molecule has 1 N–H and O–H groups in total. The van der Waals surface area contributed by atoms with Gasteiger partial charge in [-0.2, -0.15) is 0 Å². The van der Waals surface area contributed by atoms with Crippen molar-refractivity contribution in [2.75, 3.05) is 7.05 Å². The maximum atomic E-state index is 12.8. The quantitative estimate of drug-likeness (QED) is 0.752. The van der Waals surface area contributed by atoms with E-state index in [1.165, 1.54) is 0 Å². The van der Waals surface area contributed by atoms with Crippen molar-refractivity contribution in [2.24, 2.45) is 0 Å². The number of carbonyl (C=O) groups excluding carboxylic acids is 1. The molecule has 0 aliphatic carbocycles. The number of benzene rings is 2. The Morgan fingerprint density at radius 2 is 1.83 bits per heavy atom. The molecule has 0 aliphatic heterocycles. The molecule has 0 atom stereocenters. The summed E-state index contributed by atoms with van der Waals surface area (Å²) < 4.78 is 2.18. The zero-order valence-corrected chi connectivity index (χ0v) is 13.4. The van der Waals surface area contributed by atoms with Gasteiger partial charge in [0, 0.05) is 29.9 Å². The highest BCUT2D eigenvalue weighted by molar-refractivity contribution is 6.00. The van der Waals surface area contributed by atoms with E-state index in [4.69, 9.17) is 0 Å². The van der Waals surface area contributed by atoms with Gasteiger partial charge in [-0.05, 0) is 36.8 Å². The summed E-state index contributed by atoms with van der Waals surface area (Å²) in [6, 6.07) is 13.0. The summed E-state index contributed by atoms with van der Waals surface area (Å²) in [4.78, 5) is 24.7. The number of aryl methyl sites for hydroxylation is 1. The van der Waals surface area contributed by atoms with Crippen LogP contribution in [0.25, 0.3) is 21.8 Å². The molecular formula is C19H20N2O2. The monoisotopic (exact) mass is 308 g/mol. The maximum Gasteiger partial charge on any atom is 0.251 e. The molecule has 0 aliphatic rings. The number of rotatable bonds is 4. The van der Waals surface area contributed by atoms with E-state index in [2.05, 4.69) is 16.8 Å². The van der Waals surface area contributed by atoms with Gasteiger partial charge in [-0.15, -0.1) is 0 Å². The van der Waals surface area contributed by atoms with Gasteiger partial charge >= 0.3 is 0 Å². The van der Waals surface area contributed by atoms with Crippen LogP contribution in [-0.4, -0.2) is 17.5 Å². The summed E-state index contributed by atoms with van der Waals surface area (Å²) in [6.07, 6.45) is 2.12. The first-order chi connectivity index (χ1) is 11.2. The average Bonchev–Trinajstić information content (AvgIpc) is 2.60. The van der Waals surface area contributed by atoms with Crippen LogP contribution >= 0.6 is 0 Å². The Hall–Kier alpha value is -2.62. The molecule has 4 nitrogen and oxygen atoms in total. The van der Waals surface area contributed by atoms with Gasteiger partial charge in [0.05, 0.1) is 11.0 Å². The Labute approximate surface area is 134 Å². The second-order valence-electron chi connectivity index (χ2n) is 5.66. The van der Waals surface area contributed by atoms with Gasteiger partial charge in [-0.25, -0.2) is 0 Å². The van der Waals surface area contributed by atoms with E-state index in [1.54, 1.807) is 19.2 Å². The van der Waals surface area contributed by atoms with Crippen molar-refractivity contribution >= 4 is 27.7 Å². The highest BCUT2D eigenvalue weighted by atomic mass is 16.1. The zero-order valence-electron chi connectivity index (χ0n) is 13.4. The van der Waals surface area contributed by atoms with Crippen molar-refractivity contribution in [3.8, 4) is 0 Å². The predicted molar refractivity (Wildman–Crippen MR) is 94.0 cm³/mol. The van der Waals surface area contributed by atoms with E-state index < -0.39 is 0 Å². The first-order valence-corrected chi connectivity index (χ1v) is 7.94. The number of carbonyl (C=O) groups is 1. The first kappa shape index (κ1) is 15.3. The molecule has 0 radical (unpaired) electrons. The third kappa shape index (κ3) is 2.61. The fourth-order valence-electron chi connectivity index (χ4n) is 2.97. The number of nitrogens with zero attached hydrogens (tertiary/aromatic N) is 1. The van der Waals surface area contributed by atoms with Gasteiger partial charge in [-0.1, -0.05) is 25.5 Å². The highest BCUT2D eigenvalue weighted by Crippen LogP contribution is 2.21. The van der Waals surface area contributed by atoms with E-state index in [0.717, 1.165) is 30.4 Å². The number of pyridine rings is 1. The molecule has 4 heteroatoms. The SMILES string of the molecule is CCCCn1c2ccccc2c(=O)c2cc(C(=O)NC)ccc21. The molecule has 0 bridgehead atoms. The van der Waals surface area contributed by atoms with Crippen LogP contribution in [0, 0.1) is 0 Å². The van der Waals surface area contributed by atoms with Crippen LogP contribution < -0.4 is 10.7 Å². The normalized spacial score (nSPS) is 11.0. The minimum atomic E-state index is -0.181. The lowest BCUT2D eigenvalue weighted by Gasteiger charge is -2.15. The Bertz CT molecular complexity index is 941. The summed E-state index contributed by atoms with van der Waals surface area (Å²) in [5, 5.41) is 3.90. The average molecular weight is 308 g/mol. The fourth-order valence-corrected chi connectivity index (χ4v) is 2.97. The zero-order chi connectivity index (χ0) is 16.4. The third-order valence-corrected chi connectivity index (χ3v) is 4.20. The predicted octanol–water partition coefficient (Wildman–Crippen LogP) is 3.31. The molecule has 0 unspecified atom stereocenters. The van der Waals surface area contributed by atoms with E-state index in [0.29, 0.717) is 16.3 Å². The standard InChI is InChI=1S/C19H20N2O2/c1-3-4-11-21-16-8-6-5-7-14(16)18(22)15-12-13(19(23)20-2)9-10-17(15)21/h5-10,12H,3-4,11H2,1-2H3,(H,20,23). The van der Waals surface area contributed by atoms with Crippen LogP contribution in [0.1, 0.15) is 30.1 Å². The maximum absolute atomic E-state index is 12.8. The van der Waals surface area contributed by atoms with Crippen LogP contribution in [0.3, 0.4) is 0 Å². The molecule has 0 saturated carbocycles. The Morgan fingerprint density at radius 3 is 2.57 bits per heavy atom. The summed E-state index contributed by atoms with van der Waals surface area (Å²) in [6.45, 7) is 3.00. The lowest BCUT2D eigenvalue weighted by Crippen LogP contribution is -2.19. The largest absolute Gasteiger partial charge is 0.355 e. The topological polar surface area (TPSA) is 51.1 Å². The van der Waals surface area contributed by atoms with Crippen molar-refractivity contribution in [3.05, 3.63) is 58.3 Å². The fraction of sp³-hybridized carbons (Fsp3) is 0.263. The first-order valence-electron chi connectivity index (χ1n) is 7.94. The van der Waals surface area contributed by atoms with Crippen LogP contribution in [0.2, 0.25) is 0 Å². The summed E-state index contributed by atoms with van der Waals surface area (Å²) in [7, 11) is 1.59. The number of amides is 1. The lowest BCUT2D eigenvalue weighted by atomic mass is 10.1. The number of unbranched alkanes of at least 4 members (excludes halogenated alkanes) is 1. The van der Waals surface area contributed by atoms with Crippen LogP contribution in [-0.2, 0) is 6.54 Å². The molecular weight excluding hydrogens is 288 g/mol. The van der Waals surface area contributed by atoms with Gasteiger partial charge in [0.25, 0.3) is 5.91 Å². The molecule has 0 saturated heterocycles. The number of hydrogen-bond acceptors (Lipinski definition) is 2. The van der Waals surface area contributed by atoms with Gasteiger partial charge in [0.1, 0.15) is 0 Å². The van der Waals surface area contributed by atoms with Crippen molar-refractivity contribution in [3.63, 3.8) is 0 Å². The smallest absolute Gasteiger partial charge is 0.251 e. The molecule has 0 fully saturated rings. The van der Waals surface area contributed by atoms with Crippen LogP contribution in [0.5, 0.6) is 0 Å². The molecule has 1 heterocycles. The molecule has 23 heavy (non-hydrogen) atoms. The minimum absolute atomic E-state index is 0.0194. The number of hydrogen-bond donors (Lipinski definition) is 1. The van der Waals surface area contributed by atoms with Gasteiger partial charge in [0.15, 0.2) is 5.43 Å². The Kier molecular flexibility index (Phi) is 4.15. The van der Waals surface area contributed by atoms with E-state index in [-0.39, 0.29) is 11.3 Å². The second-order valence-corrected chi connectivity index (χ2v) is 5.66. The number of para-hydroxylation sites is 1. The van der Waals surface area contributed by atoms with Crippen molar-refractivity contribution in [2.45, 2.75) is 26.3 Å². The Morgan fingerprint density at radius 1 is 1.09 bits per heavy atom. The van der Waals surface area contributed by atoms with Crippen LogP contribution in [0.4, 0.5) is 0 Å². The van der Waals surface area contributed by atoms with Crippen molar-refractivity contribution in [1.29, 1.82) is 0 Å². The van der Waals surface area contributed by atoms with Gasteiger partial charge < -0.3 is 9.88 Å². The number of fused-ring (bicyclic) bond motifs is 2. The van der Waals surface area contributed by atoms with E-state index >= 15 is 0 Å². The van der Waals surface area contributed by atoms with E-state index in [9.17, 15) is 9.59 Å². The number of nitrogens with one attached hydrogen (secondary N) is 1.